The van der Waals surface area contributed by atoms with Gasteiger partial charge in [0.25, 0.3) is 5.91 Å². The lowest BCUT2D eigenvalue weighted by Gasteiger charge is -2.18. The molecule has 2 aromatic rings. The smallest absolute Gasteiger partial charge is 0.265 e. The van der Waals surface area contributed by atoms with E-state index < -0.39 is 11.9 Å². The van der Waals surface area contributed by atoms with E-state index in [1.54, 1.807) is 24.5 Å². The van der Waals surface area contributed by atoms with Gasteiger partial charge in [0.05, 0.1) is 0 Å². The topological polar surface area (TPSA) is 90.5 Å². The van der Waals surface area contributed by atoms with Gasteiger partial charge in [-0.1, -0.05) is 30.3 Å². The lowest BCUT2D eigenvalue weighted by atomic mass is 10.1. The average Bonchev–Trinajstić information content (AvgIpc) is 2.73. The fourth-order valence-electron chi connectivity index (χ4n) is 2.97. The van der Waals surface area contributed by atoms with E-state index in [1.807, 2.05) is 30.3 Å². The van der Waals surface area contributed by atoms with E-state index in [0.717, 1.165) is 5.56 Å². The second kappa shape index (κ2) is 11.8. The Bertz CT molecular complexity index is 799. The van der Waals surface area contributed by atoms with Crippen LogP contribution in [-0.4, -0.2) is 29.6 Å². The fraction of sp³-hybridized carbons (Fsp3) is 0.364. The van der Waals surface area contributed by atoms with Crippen molar-refractivity contribution in [2.75, 3.05) is 11.9 Å². The number of unbranched alkanes of at least 4 members (excludes halogenated alkanes) is 1. The molecule has 0 saturated heterocycles. The van der Waals surface area contributed by atoms with Gasteiger partial charge in [-0.2, -0.15) is 0 Å². The van der Waals surface area contributed by atoms with Gasteiger partial charge in [0, 0.05) is 18.7 Å². The number of hydrogen-bond acceptors (Lipinski definition) is 4. The number of amides is 2. The first-order valence-corrected chi connectivity index (χ1v) is 9.77. The van der Waals surface area contributed by atoms with E-state index in [4.69, 9.17) is 5.21 Å². The number of hydrogen-bond donors (Lipinski definition) is 4. The Morgan fingerprint density at radius 1 is 1.10 bits per heavy atom. The number of carbonyl (C=O) groups is 2. The lowest BCUT2D eigenvalue weighted by molar-refractivity contribution is -0.130. The van der Waals surface area contributed by atoms with E-state index in [-0.39, 0.29) is 11.7 Å². The number of benzene rings is 2. The summed E-state index contributed by atoms with van der Waals surface area (Å²) in [6.45, 7) is 2.17. The van der Waals surface area contributed by atoms with E-state index in [9.17, 15) is 14.0 Å². The Balaban J connectivity index is 1.70. The van der Waals surface area contributed by atoms with Gasteiger partial charge in [-0.15, -0.1) is 0 Å². The van der Waals surface area contributed by atoms with Crippen molar-refractivity contribution in [3.05, 3.63) is 65.5 Å². The highest BCUT2D eigenvalue weighted by Gasteiger charge is 2.17. The van der Waals surface area contributed by atoms with Crippen LogP contribution >= 0.6 is 0 Å². The minimum Gasteiger partial charge on any atom is -0.374 e. The first kappa shape index (κ1) is 22.4. The quantitative estimate of drug-likeness (QED) is 0.264. The molecule has 2 aromatic carbocycles. The summed E-state index contributed by atoms with van der Waals surface area (Å²) >= 11 is 0. The van der Waals surface area contributed by atoms with E-state index in [0.29, 0.717) is 49.9 Å². The van der Waals surface area contributed by atoms with Crippen LogP contribution in [0.3, 0.4) is 0 Å². The van der Waals surface area contributed by atoms with Crippen LogP contribution in [0, 0.1) is 12.7 Å². The lowest BCUT2D eigenvalue weighted by Crippen LogP contribution is -2.38. The summed E-state index contributed by atoms with van der Waals surface area (Å²) in [7, 11) is 0. The molecule has 0 aromatic heterocycles. The SMILES string of the molecule is Cc1cc(N[C@H](CCCCNC(=O)CCc2ccccc2)C(=O)NO)ccc1F. The zero-order chi connectivity index (χ0) is 21.1. The minimum absolute atomic E-state index is 0.00147. The molecule has 0 heterocycles. The molecule has 0 saturated carbocycles. The second-order valence-corrected chi connectivity index (χ2v) is 6.97. The summed E-state index contributed by atoms with van der Waals surface area (Å²) in [5, 5.41) is 14.8. The van der Waals surface area contributed by atoms with Crippen LogP contribution in [0.1, 0.15) is 36.8 Å². The highest BCUT2D eigenvalue weighted by atomic mass is 19.1. The summed E-state index contributed by atoms with van der Waals surface area (Å²) in [5.74, 6) is -0.876. The predicted octanol–water partition coefficient (Wildman–Crippen LogP) is 3.34. The zero-order valence-electron chi connectivity index (χ0n) is 16.6. The van der Waals surface area contributed by atoms with Gasteiger partial charge in [-0.05, 0) is 61.9 Å². The molecule has 0 spiro atoms. The normalized spacial score (nSPS) is 11.6. The minimum atomic E-state index is -0.654. The van der Waals surface area contributed by atoms with Gasteiger partial charge < -0.3 is 10.6 Å². The molecule has 4 N–H and O–H groups in total. The Hall–Kier alpha value is -2.93. The van der Waals surface area contributed by atoms with Crippen molar-refractivity contribution >= 4 is 17.5 Å². The standard InChI is InChI=1S/C22H28FN3O3/c1-16-15-18(11-12-19(16)23)25-20(22(28)26-29)9-5-6-14-24-21(27)13-10-17-7-3-2-4-8-17/h2-4,7-8,11-12,15,20,25,29H,5-6,9-10,13-14H2,1H3,(H,24,27)(H,26,28)/t20-/m1/s1. The van der Waals surface area contributed by atoms with E-state index in [2.05, 4.69) is 10.6 Å². The predicted molar refractivity (Wildman–Crippen MR) is 110 cm³/mol. The highest BCUT2D eigenvalue weighted by molar-refractivity contribution is 5.83. The van der Waals surface area contributed by atoms with Gasteiger partial charge in [-0.25, -0.2) is 9.87 Å². The fourth-order valence-corrected chi connectivity index (χ4v) is 2.97. The van der Waals surface area contributed by atoms with Crippen LogP contribution in [0.2, 0.25) is 0 Å². The summed E-state index contributed by atoms with van der Waals surface area (Å²) in [6, 6.07) is 13.7. The molecule has 0 aliphatic heterocycles. The van der Waals surface area contributed by atoms with Gasteiger partial charge in [-0.3, -0.25) is 14.8 Å². The zero-order valence-corrected chi connectivity index (χ0v) is 16.6. The molecule has 2 rings (SSSR count). The Morgan fingerprint density at radius 3 is 2.55 bits per heavy atom. The van der Waals surface area contributed by atoms with Gasteiger partial charge >= 0.3 is 0 Å². The number of carbonyl (C=O) groups excluding carboxylic acids is 2. The molecule has 0 unspecified atom stereocenters. The molecule has 0 bridgehead atoms. The molecule has 0 aliphatic carbocycles. The first-order chi connectivity index (χ1) is 14.0. The second-order valence-electron chi connectivity index (χ2n) is 6.97. The van der Waals surface area contributed by atoms with Gasteiger partial charge in [0.15, 0.2) is 0 Å². The maximum absolute atomic E-state index is 13.4. The number of halogens is 1. The Labute approximate surface area is 170 Å². The number of anilines is 1. The van der Waals surface area contributed by atoms with Crippen molar-refractivity contribution in [2.45, 2.75) is 45.1 Å². The molecule has 0 radical (unpaired) electrons. The largest absolute Gasteiger partial charge is 0.374 e. The number of hydroxylamine groups is 1. The summed E-state index contributed by atoms with van der Waals surface area (Å²) < 4.78 is 13.4. The molecular formula is C22H28FN3O3. The van der Waals surface area contributed by atoms with E-state index in [1.165, 1.54) is 6.07 Å². The summed E-state index contributed by atoms with van der Waals surface area (Å²) in [6.07, 6.45) is 2.97. The van der Waals surface area contributed by atoms with Crippen LogP contribution in [0.4, 0.5) is 10.1 Å². The molecule has 6 nitrogen and oxygen atoms in total. The van der Waals surface area contributed by atoms with Crippen molar-refractivity contribution in [3.63, 3.8) is 0 Å². The third kappa shape index (κ3) is 7.91. The van der Waals surface area contributed by atoms with Crippen LogP contribution in [-0.2, 0) is 16.0 Å². The van der Waals surface area contributed by atoms with Crippen molar-refractivity contribution in [1.29, 1.82) is 0 Å². The highest BCUT2D eigenvalue weighted by Crippen LogP contribution is 2.16. The Kier molecular flexibility index (Phi) is 9.11. The maximum atomic E-state index is 13.4. The molecule has 1 atom stereocenters. The molecule has 0 fully saturated rings. The van der Waals surface area contributed by atoms with Crippen LogP contribution < -0.4 is 16.1 Å². The van der Waals surface area contributed by atoms with Crippen molar-refractivity contribution in [3.8, 4) is 0 Å². The van der Waals surface area contributed by atoms with Gasteiger partial charge in [0.2, 0.25) is 5.91 Å². The van der Waals surface area contributed by atoms with Gasteiger partial charge in [0.1, 0.15) is 11.9 Å². The summed E-state index contributed by atoms with van der Waals surface area (Å²) in [4.78, 5) is 23.8. The molecule has 0 aliphatic rings. The number of rotatable bonds is 11. The maximum Gasteiger partial charge on any atom is 0.265 e. The van der Waals surface area contributed by atoms with E-state index >= 15 is 0 Å². The summed E-state index contributed by atoms with van der Waals surface area (Å²) in [5.41, 5.74) is 3.86. The molecule has 7 heteroatoms. The van der Waals surface area contributed by atoms with Crippen molar-refractivity contribution in [2.24, 2.45) is 0 Å². The van der Waals surface area contributed by atoms with Crippen molar-refractivity contribution < 1.29 is 19.2 Å². The average molecular weight is 401 g/mol. The Morgan fingerprint density at radius 2 is 1.86 bits per heavy atom. The molecular weight excluding hydrogens is 373 g/mol. The monoisotopic (exact) mass is 401 g/mol. The molecule has 2 amide bonds. The number of aryl methyl sites for hydroxylation is 2. The first-order valence-electron chi connectivity index (χ1n) is 9.77. The van der Waals surface area contributed by atoms with Crippen LogP contribution in [0.15, 0.2) is 48.5 Å². The number of nitrogens with one attached hydrogen (secondary N) is 3. The third-order valence-corrected chi connectivity index (χ3v) is 4.65. The van der Waals surface area contributed by atoms with Crippen LogP contribution in [0.25, 0.3) is 0 Å². The van der Waals surface area contributed by atoms with Crippen molar-refractivity contribution in [1.82, 2.24) is 10.8 Å². The molecule has 156 valence electrons. The third-order valence-electron chi connectivity index (χ3n) is 4.65. The molecule has 29 heavy (non-hydrogen) atoms. The van der Waals surface area contributed by atoms with Crippen LogP contribution in [0.5, 0.6) is 0 Å².